The first-order valence-electron chi connectivity index (χ1n) is 10.2. The van der Waals surface area contributed by atoms with Crippen LogP contribution in [0.5, 0.6) is 0 Å². The summed E-state index contributed by atoms with van der Waals surface area (Å²) in [5.74, 6) is 0.478. The molecule has 0 amide bonds. The highest BCUT2D eigenvalue weighted by molar-refractivity contribution is 5.83. The second kappa shape index (κ2) is 9.23. The van der Waals surface area contributed by atoms with E-state index in [0.717, 1.165) is 28.8 Å². The summed E-state index contributed by atoms with van der Waals surface area (Å²) in [5.41, 5.74) is 4.11. The Labute approximate surface area is 172 Å². The number of rotatable bonds is 8. The number of hydrogen-bond donors (Lipinski definition) is 0. The fourth-order valence-corrected chi connectivity index (χ4v) is 3.21. The van der Waals surface area contributed by atoms with Crippen molar-refractivity contribution in [2.45, 2.75) is 46.1 Å². The zero-order valence-electron chi connectivity index (χ0n) is 17.8. The van der Waals surface area contributed by atoms with Gasteiger partial charge < -0.3 is 14.0 Å². The molecule has 1 aromatic heterocycles. The average molecular weight is 395 g/mol. The van der Waals surface area contributed by atoms with Crippen LogP contribution in [0.15, 0.2) is 48.5 Å². The summed E-state index contributed by atoms with van der Waals surface area (Å²) in [6.45, 7) is 10.1. The number of esters is 1. The van der Waals surface area contributed by atoms with Gasteiger partial charge in [0, 0.05) is 12.2 Å². The van der Waals surface area contributed by atoms with Crippen molar-refractivity contribution >= 4 is 17.0 Å². The van der Waals surface area contributed by atoms with Gasteiger partial charge in [-0.15, -0.1) is 0 Å². The molecule has 0 saturated carbocycles. The fourth-order valence-electron chi connectivity index (χ4n) is 3.21. The number of para-hydroxylation sites is 2. The van der Waals surface area contributed by atoms with Crippen molar-refractivity contribution in [2.24, 2.45) is 0 Å². The number of hydrogen-bond acceptors (Lipinski definition) is 4. The minimum Gasteiger partial charge on any atom is -0.462 e. The number of carbonyl (C=O) groups excluding carboxylic acids is 1. The Morgan fingerprint density at radius 1 is 1.00 bits per heavy atom. The standard InChI is InChI=1S/C24H30N2O3/c1-5-14-28-15-16-29-22(27)17-26-21-9-7-6-8-20(21)25-23(26)18-10-12-19(13-11-18)24(2,3)4/h6-13H,5,14-17H2,1-4H3. The zero-order valence-corrected chi connectivity index (χ0v) is 17.8. The lowest BCUT2D eigenvalue weighted by Gasteiger charge is -2.19. The van der Waals surface area contributed by atoms with Crippen LogP contribution in [-0.2, 0) is 26.2 Å². The first-order chi connectivity index (χ1) is 13.9. The molecule has 3 aromatic rings. The van der Waals surface area contributed by atoms with Gasteiger partial charge >= 0.3 is 5.97 Å². The number of benzene rings is 2. The van der Waals surface area contributed by atoms with Gasteiger partial charge in [-0.1, -0.05) is 64.1 Å². The largest absolute Gasteiger partial charge is 0.462 e. The molecule has 0 N–H and O–H groups in total. The van der Waals surface area contributed by atoms with Crippen LogP contribution in [0.3, 0.4) is 0 Å². The second-order valence-electron chi connectivity index (χ2n) is 8.17. The van der Waals surface area contributed by atoms with Crippen LogP contribution in [0.25, 0.3) is 22.4 Å². The van der Waals surface area contributed by atoms with Gasteiger partial charge in [0.05, 0.1) is 17.6 Å². The molecule has 0 aliphatic rings. The highest BCUT2D eigenvalue weighted by Crippen LogP contribution is 2.28. The lowest BCUT2D eigenvalue weighted by Crippen LogP contribution is -2.17. The number of carbonyl (C=O) groups is 1. The Kier molecular flexibility index (Phi) is 6.70. The quantitative estimate of drug-likeness (QED) is 0.400. The summed E-state index contributed by atoms with van der Waals surface area (Å²) >= 11 is 0. The van der Waals surface area contributed by atoms with Gasteiger partial charge in [0.1, 0.15) is 19.0 Å². The van der Waals surface area contributed by atoms with Crippen LogP contribution >= 0.6 is 0 Å². The Morgan fingerprint density at radius 2 is 1.72 bits per heavy atom. The number of fused-ring (bicyclic) bond motifs is 1. The lowest BCUT2D eigenvalue weighted by atomic mass is 9.87. The number of ether oxygens (including phenoxy) is 2. The molecule has 1 heterocycles. The van der Waals surface area contributed by atoms with E-state index >= 15 is 0 Å². The van der Waals surface area contributed by atoms with Gasteiger partial charge in [-0.05, 0) is 29.5 Å². The van der Waals surface area contributed by atoms with E-state index in [4.69, 9.17) is 14.5 Å². The minimum atomic E-state index is -0.291. The average Bonchev–Trinajstić information content (AvgIpc) is 3.06. The molecule has 0 saturated heterocycles. The fraction of sp³-hybridized carbons (Fsp3) is 0.417. The molecule has 0 radical (unpaired) electrons. The zero-order chi connectivity index (χ0) is 20.9. The Hall–Kier alpha value is -2.66. The van der Waals surface area contributed by atoms with Crippen LogP contribution in [-0.4, -0.2) is 35.3 Å². The normalized spacial score (nSPS) is 11.7. The highest BCUT2D eigenvalue weighted by atomic mass is 16.6. The van der Waals surface area contributed by atoms with E-state index in [1.807, 2.05) is 35.8 Å². The van der Waals surface area contributed by atoms with E-state index in [1.165, 1.54) is 5.56 Å². The maximum Gasteiger partial charge on any atom is 0.326 e. The molecule has 0 fully saturated rings. The summed E-state index contributed by atoms with van der Waals surface area (Å²) in [7, 11) is 0. The van der Waals surface area contributed by atoms with E-state index in [-0.39, 0.29) is 24.5 Å². The molecule has 0 atom stereocenters. The summed E-state index contributed by atoms with van der Waals surface area (Å²) in [6, 6.07) is 16.2. The van der Waals surface area contributed by atoms with Crippen molar-refractivity contribution in [3.8, 4) is 11.4 Å². The van der Waals surface area contributed by atoms with Crippen LogP contribution in [0, 0.1) is 0 Å². The topological polar surface area (TPSA) is 53.4 Å². The molecular weight excluding hydrogens is 364 g/mol. The Bertz CT molecular complexity index is 952. The summed E-state index contributed by atoms with van der Waals surface area (Å²) < 4.78 is 12.7. The predicted octanol–water partition coefficient (Wildman–Crippen LogP) is 4.97. The molecule has 0 spiro atoms. The highest BCUT2D eigenvalue weighted by Gasteiger charge is 2.18. The molecule has 2 aromatic carbocycles. The van der Waals surface area contributed by atoms with Gasteiger partial charge in [-0.3, -0.25) is 4.79 Å². The Morgan fingerprint density at radius 3 is 2.41 bits per heavy atom. The molecule has 29 heavy (non-hydrogen) atoms. The first kappa shape index (κ1) is 21.1. The minimum absolute atomic E-state index is 0.0856. The van der Waals surface area contributed by atoms with Crippen LogP contribution in [0.1, 0.15) is 39.7 Å². The van der Waals surface area contributed by atoms with Crippen LogP contribution in [0.4, 0.5) is 0 Å². The smallest absolute Gasteiger partial charge is 0.326 e. The summed E-state index contributed by atoms with van der Waals surface area (Å²) in [5, 5.41) is 0. The first-order valence-corrected chi connectivity index (χ1v) is 10.2. The van der Waals surface area contributed by atoms with E-state index < -0.39 is 0 Å². The van der Waals surface area contributed by atoms with Gasteiger partial charge in [-0.2, -0.15) is 0 Å². The third-order valence-corrected chi connectivity index (χ3v) is 4.79. The summed E-state index contributed by atoms with van der Waals surface area (Å²) in [6.07, 6.45) is 0.951. The van der Waals surface area contributed by atoms with Gasteiger partial charge in [0.2, 0.25) is 0 Å². The van der Waals surface area contributed by atoms with Crippen molar-refractivity contribution in [3.63, 3.8) is 0 Å². The number of nitrogens with zero attached hydrogens (tertiary/aromatic N) is 2. The van der Waals surface area contributed by atoms with Crippen molar-refractivity contribution in [1.82, 2.24) is 9.55 Å². The molecule has 154 valence electrons. The van der Waals surface area contributed by atoms with Crippen molar-refractivity contribution < 1.29 is 14.3 Å². The number of aromatic nitrogens is 2. The van der Waals surface area contributed by atoms with E-state index in [9.17, 15) is 4.79 Å². The van der Waals surface area contributed by atoms with Gasteiger partial charge in [0.15, 0.2) is 0 Å². The van der Waals surface area contributed by atoms with Crippen LogP contribution < -0.4 is 0 Å². The van der Waals surface area contributed by atoms with Gasteiger partial charge in [0.25, 0.3) is 0 Å². The molecule has 0 unspecified atom stereocenters. The van der Waals surface area contributed by atoms with Crippen molar-refractivity contribution in [3.05, 3.63) is 54.1 Å². The Balaban J connectivity index is 1.84. The molecule has 3 rings (SSSR count). The monoisotopic (exact) mass is 394 g/mol. The SMILES string of the molecule is CCCOCCOC(=O)Cn1c(-c2ccc(C(C)(C)C)cc2)nc2ccccc21. The third kappa shape index (κ3) is 5.24. The maximum atomic E-state index is 12.4. The van der Waals surface area contributed by atoms with Crippen molar-refractivity contribution in [1.29, 1.82) is 0 Å². The van der Waals surface area contributed by atoms with Gasteiger partial charge in [-0.25, -0.2) is 4.98 Å². The number of imidazole rings is 1. The molecule has 0 bridgehead atoms. The summed E-state index contributed by atoms with van der Waals surface area (Å²) in [4.78, 5) is 17.2. The van der Waals surface area contributed by atoms with E-state index in [1.54, 1.807) is 0 Å². The molecule has 0 aliphatic heterocycles. The van der Waals surface area contributed by atoms with E-state index in [0.29, 0.717) is 13.2 Å². The molecular formula is C24H30N2O3. The third-order valence-electron chi connectivity index (χ3n) is 4.79. The van der Waals surface area contributed by atoms with Crippen molar-refractivity contribution in [2.75, 3.05) is 19.8 Å². The lowest BCUT2D eigenvalue weighted by molar-refractivity contribution is -0.145. The second-order valence-corrected chi connectivity index (χ2v) is 8.17. The molecule has 0 aliphatic carbocycles. The van der Waals surface area contributed by atoms with Crippen LogP contribution in [0.2, 0.25) is 0 Å². The molecule has 5 nitrogen and oxygen atoms in total. The molecule has 5 heteroatoms. The van der Waals surface area contributed by atoms with E-state index in [2.05, 4.69) is 45.0 Å². The predicted molar refractivity (Wildman–Crippen MR) is 116 cm³/mol. The maximum absolute atomic E-state index is 12.4.